The molecule has 0 aliphatic heterocycles. The van der Waals surface area contributed by atoms with Crippen molar-refractivity contribution < 1.29 is 9.90 Å². The maximum Gasteiger partial charge on any atom is 0.252 e. The number of nitrogens with zero attached hydrogens (tertiary/aromatic N) is 1. The van der Waals surface area contributed by atoms with Crippen molar-refractivity contribution in [2.45, 2.75) is 50.6 Å². The summed E-state index contributed by atoms with van der Waals surface area (Å²) in [5.41, 5.74) is 1.53. The lowest BCUT2D eigenvalue weighted by Gasteiger charge is -2.21. The third kappa shape index (κ3) is 3.61. The van der Waals surface area contributed by atoms with Crippen LogP contribution in [0.25, 0.3) is 10.9 Å². The van der Waals surface area contributed by atoms with Gasteiger partial charge in [0, 0.05) is 24.1 Å². The molecule has 2 saturated carbocycles. The first kappa shape index (κ1) is 16.3. The molecule has 1 heterocycles. The number of pyridine rings is 1. The molecule has 0 spiro atoms. The van der Waals surface area contributed by atoms with Crippen LogP contribution < -0.4 is 10.6 Å². The Morgan fingerprint density at radius 2 is 2.04 bits per heavy atom. The van der Waals surface area contributed by atoms with Crippen molar-refractivity contribution in [3.63, 3.8) is 0 Å². The van der Waals surface area contributed by atoms with Gasteiger partial charge in [-0.05, 0) is 50.2 Å². The summed E-state index contributed by atoms with van der Waals surface area (Å²) in [6, 6.07) is 10.3. The number of anilines is 1. The lowest BCUT2D eigenvalue weighted by atomic mass is 10.00. The number of benzene rings is 1. The van der Waals surface area contributed by atoms with Gasteiger partial charge in [0.1, 0.15) is 5.82 Å². The number of carbonyl (C=O) groups is 1. The number of amides is 1. The Balaban J connectivity index is 1.63. The van der Waals surface area contributed by atoms with Crippen molar-refractivity contribution in [3.05, 3.63) is 35.9 Å². The molecule has 2 atom stereocenters. The molecule has 1 aromatic carbocycles. The summed E-state index contributed by atoms with van der Waals surface area (Å²) in [5.74, 6) is 1.22. The highest BCUT2D eigenvalue weighted by Gasteiger charge is 2.28. The number of nitrogens with one attached hydrogen (secondary N) is 2. The molecule has 1 aromatic heterocycles. The predicted octanol–water partition coefficient (Wildman–Crippen LogP) is 3.09. The largest absolute Gasteiger partial charge is 0.396 e. The minimum atomic E-state index is -0.0116. The van der Waals surface area contributed by atoms with Crippen LogP contribution in [0.3, 0.4) is 0 Å². The van der Waals surface area contributed by atoms with Crippen molar-refractivity contribution in [3.8, 4) is 0 Å². The van der Waals surface area contributed by atoms with E-state index in [2.05, 4.69) is 10.6 Å². The quantitative estimate of drug-likeness (QED) is 0.756. The van der Waals surface area contributed by atoms with Crippen LogP contribution in [0.1, 0.15) is 48.9 Å². The zero-order chi connectivity index (χ0) is 17.2. The number of aromatic nitrogens is 1. The third-order valence-electron chi connectivity index (χ3n) is 5.37. The predicted molar refractivity (Wildman–Crippen MR) is 98.7 cm³/mol. The standard InChI is InChI=1S/C20H25N3O2/c24-11-10-13-4-3-7-17(13)22-19-12-16(20(25)21-14-8-9-14)15-5-1-2-6-18(15)23-19/h1-2,5-6,12-14,17,24H,3-4,7-11H2,(H,21,25)(H,22,23). The Kier molecular flexibility index (Phi) is 4.57. The van der Waals surface area contributed by atoms with Crippen molar-refractivity contribution >= 4 is 22.6 Å². The summed E-state index contributed by atoms with van der Waals surface area (Å²) in [6.07, 6.45) is 6.37. The summed E-state index contributed by atoms with van der Waals surface area (Å²) in [6.45, 7) is 0.225. The third-order valence-corrected chi connectivity index (χ3v) is 5.37. The van der Waals surface area contributed by atoms with Gasteiger partial charge in [-0.2, -0.15) is 0 Å². The Hall–Kier alpha value is -2.14. The first-order valence-electron chi connectivity index (χ1n) is 9.32. The van der Waals surface area contributed by atoms with Gasteiger partial charge in [0.15, 0.2) is 0 Å². The highest BCUT2D eigenvalue weighted by Crippen LogP contribution is 2.31. The van der Waals surface area contributed by atoms with E-state index in [4.69, 9.17) is 4.98 Å². The summed E-state index contributed by atoms with van der Waals surface area (Å²) < 4.78 is 0. The van der Waals surface area contributed by atoms with E-state index in [1.807, 2.05) is 30.3 Å². The average Bonchev–Trinajstić information content (AvgIpc) is 3.33. The Bertz CT molecular complexity index is 773. The van der Waals surface area contributed by atoms with Gasteiger partial charge in [0.2, 0.25) is 0 Å². The zero-order valence-electron chi connectivity index (χ0n) is 14.4. The number of rotatable bonds is 6. The molecule has 3 N–H and O–H groups in total. The van der Waals surface area contributed by atoms with Crippen LogP contribution in [0.4, 0.5) is 5.82 Å². The van der Waals surface area contributed by atoms with Gasteiger partial charge in [-0.25, -0.2) is 4.98 Å². The van der Waals surface area contributed by atoms with E-state index in [0.29, 0.717) is 23.6 Å². The first-order valence-corrected chi connectivity index (χ1v) is 9.32. The van der Waals surface area contributed by atoms with Crippen LogP contribution in [0, 0.1) is 5.92 Å². The highest BCUT2D eigenvalue weighted by atomic mass is 16.3. The topological polar surface area (TPSA) is 74.2 Å². The molecule has 4 rings (SSSR count). The molecule has 2 aliphatic carbocycles. The number of aliphatic hydroxyl groups is 1. The van der Waals surface area contributed by atoms with E-state index in [-0.39, 0.29) is 12.5 Å². The van der Waals surface area contributed by atoms with Gasteiger partial charge in [-0.1, -0.05) is 24.6 Å². The summed E-state index contributed by atoms with van der Waals surface area (Å²) >= 11 is 0. The number of hydrogen-bond acceptors (Lipinski definition) is 4. The molecule has 0 radical (unpaired) electrons. The minimum Gasteiger partial charge on any atom is -0.396 e. The van der Waals surface area contributed by atoms with E-state index < -0.39 is 0 Å². The monoisotopic (exact) mass is 339 g/mol. The lowest BCUT2D eigenvalue weighted by molar-refractivity contribution is 0.0952. The highest BCUT2D eigenvalue weighted by molar-refractivity contribution is 6.07. The van der Waals surface area contributed by atoms with E-state index >= 15 is 0 Å². The SMILES string of the molecule is O=C(NC1CC1)c1cc(NC2CCCC2CCO)nc2ccccc12. The molecule has 2 unspecified atom stereocenters. The maximum atomic E-state index is 12.7. The maximum absolute atomic E-state index is 12.7. The second-order valence-electron chi connectivity index (χ2n) is 7.27. The van der Waals surface area contributed by atoms with E-state index in [0.717, 1.165) is 48.8 Å². The lowest BCUT2D eigenvalue weighted by Crippen LogP contribution is -2.27. The summed E-state index contributed by atoms with van der Waals surface area (Å²) in [7, 11) is 0. The average molecular weight is 339 g/mol. The van der Waals surface area contributed by atoms with Gasteiger partial charge in [0.25, 0.3) is 5.91 Å². The van der Waals surface area contributed by atoms with Crippen LogP contribution in [-0.4, -0.2) is 34.7 Å². The van der Waals surface area contributed by atoms with E-state index in [1.165, 1.54) is 6.42 Å². The summed E-state index contributed by atoms with van der Waals surface area (Å²) in [5, 5.41) is 16.8. The second-order valence-corrected chi connectivity index (χ2v) is 7.27. The fourth-order valence-electron chi connectivity index (χ4n) is 3.86. The van der Waals surface area contributed by atoms with Crippen molar-refractivity contribution in [1.82, 2.24) is 10.3 Å². The van der Waals surface area contributed by atoms with Gasteiger partial charge in [0.05, 0.1) is 11.1 Å². The molecule has 0 saturated heterocycles. The number of carbonyl (C=O) groups excluding carboxylic acids is 1. The van der Waals surface area contributed by atoms with Crippen LogP contribution in [0.5, 0.6) is 0 Å². The Labute approximate surface area is 147 Å². The molecule has 0 bridgehead atoms. The summed E-state index contributed by atoms with van der Waals surface area (Å²) in [4.78, 5) is 17.4. The number of aliphatic hydroxyl groups excluding tert-OH is 1. The van der Waals surface area contributed by atoms with E-state index in [9.17, 15) is 9.90 Å². The molecule has 2 aromatic rings. The first-order chi connectivity index (χ1) is 12.2. The van der Waals surface area contributed by atoms with Gasteiger partial charge in [-0.3, -0.25) is 4.79 Å². The molecular weight excluding hydrogens is 314 g/mol. The van der Waals surface area contributed by atoms with Crippen LogP contribution in [-0.2, 0) is 0 Å². The fraction of sp³-hybridized carbons (Fsp3) is 0.500. The number of hydrogen-bond donors (Lipinski definition) is 3. The molecule has 5 heteroatoms. The fourth-order valence-corrected chi connectivity index (χ4v) is 3.86. The zero-order valence-corrected chi connectivity index (χ0v) is 14.4. The van der Waals surface area contributed by atoms with Crippen molar-refractivity contribution in [2.24, 2.45) is 5.92 Å². The molecule has 5 nitrogen and oxygen atoms in total. The van der Waals surface area contributed by atoms with Gasteiger partial charge in [-0.15, -0.1) is 0 Å². The molecule has 132 valence electrons. The Morgan fingerprint density at radius 3 is 2.84 bits per heavy atom. The van der Waals surface area contributed by atoms with Crippen molar-refractivity contribution in [1.29, 1.82) is 0 Å². The second kappa shape index (κ2) is 7.00. The Morgan fingerprint density at radius 1 is 1.20 bits per heavy atom. The molecule has 2 fully saturated rings. The van der Waals surface area contributed by atoms with Crippen LogP contribution in [0.15, 0.2) is 30.3 Å². The molecule has 1 amide bonds. The minimum absolute atomic E-state index is 0.0116. The molecule has 2 aliphatic rings. The smallest absolute Gasteiger partial charge is 0.252 e. The molecular formula is C20H25N3O2. The number of fused-ring (bicyclic) bond motifs is 1. The molecule has 25 heavy (non-hydrogen) atoms. The number of para-hydroxylation sites is 1. The normalized spacial score (nSPS) is 22.9. The van der Waals surface area contributed by atoms with Crippen LogP contribution >= 0.6 is 0 Å². The van der Waals surface area contributed by atoms with Crippen molar-refractivity contribution in [2.75, 3.05) is 11.9 Å². The van der Waals surface area contributed by atoms with Gasteiger partial charge >= 0.3 is 0 Å². The van der Waals surface area contributed by atoms with E-state index in [1.54, 1.807) is 0 Å². The van der Waals surface area contributed by atoms with Crippen LogP contribution in [0.2, 0.25) is 0 Å². The van der Waals surface area contributed by atoms with Gasteiger partial charge < -0.3 is 15.7 Å².